The summed E-state index contributed by atoms with van der Waals surface area (Å²) < 4.78 is 0. The van der Waals surface area contributed by atoms with E-state index >= 15 is 0 Å². The molecule has 3 heterocycles. The molecule has 0 saturated carbocycles. The lowest BCUT2D eigenvalue weighted by Gasteiger charge is -2.19. The average Bonchev–Trinajstić information content (AvgIpc) is 3.79. The molecule has 1 aromatic heterocycles. The first-order valence-electron chi connectivity index (χ1n) is 15.4. The molecule has 7 aromatic carbocycles. The van der Waals surface area contributed by atoms with Crippen molar-refractivity contribution in [2.45, 2.75) is 0 Å². The molecule has 0 fully saturated rings. The van der Waals surface area contributed by atoms with E-state index in [2.05, 4.69) is 151 Å². The van der Waals surface area contributed by atoms with E-state index in [-0.39, 0.29) is 0 Å². The largest absolute Gasteiger partial charge is 0.354 e. The summed E-state index contributed by atoms with van der Waals surface area (Å²) in [7, 11) is 0. The molecule has 0 amide bonds. The molecule has 0 saturated heterocycles. The second-order valence-corrected chi connectivity index (χ2v) is 11.8. The number of benzene rings is 7. The van der Waals surface area contributed by atoms with Gasteiger partial charge in [-0.15, -0.1) is 0 Å². The maximum absolute atomic E-state index is 5.20. The van der Waals surface area contributed by atoms with Crippen LogP contribution in [0.25, 0.3) is 66.3 Å². The number of hydrogen-bond donors (Lipinski definition) is 1. The fourth-order valence-electron chi connectivity index (χ4n) is 7.41. The number of hydrogen-bond acceptors (Lipinski definition) is 2. The Balaban J connectivity index is 1.33. The Morgan fingerprint density at radius 3 is 2.09 bits per heavy atom. The van der Waals surface area contributed by atoms with Crippen LogP contribution in [0.4, 0.5) is 11.4 Å². The summed E-state index contributed by atoms with van der Waals surface area (Å²) in [6, 6.07) is 51.9. The van der Waals surface area contributed by atoms with Crippen molar-refractivity contribution in [3.63, 3.8) is 0 Å². The molecule has 0 aliphatic carbocycles. The third-order valence-electron chi connectivity index (χ3n) is 9.37. The molecule has 3 nitrogen and oxygen atoms in total. The lowest BCUT2D eigenvalue weighted by molar-refractivity contribution is 1.36. The number of aromatic nitrogens is 1. The summed E-state index contributed by atoms with van der Waals surface area (Å²) >= 11 is 0. The Bertz CT molecular complexity index is 2760. The first-order valence-corrected chi connectivity index (χ1v) is 15.4. The van der Waals surface area contributed by atoms with E-state index < -0.39 is 0 Å². The molecule has 3 heteroatoms. The van der Waals surface area contributed by atoms with Gasteiger partial charge in [0.25, 0.3) is 0 Å². The molecule has 0 unspecified atom stereocenters. The predicted octanol–water partition coefficient (Wildman–Crippen LogP) is 9.81. The van der Waals surface area contributed by atoms with Gasteiger partial charge < -0.3 is 4.98 Å². The number of para-hydroxylation sites is 3. The van der Waals surface area contributed by atoms with Gasteiger partial charge in [-0.25, -0.2) is 9.98 Å². The monoisotopic (exact) mass is 571 g/mol. The van der Waals surface area contributed by atoms with Crippen LogP contribution < -0.4 is 10.7 Å². The van der Waals surface area contributed by atoms with Crippen LogP contribution in [0.15, 0.2) is 156 Å². The Morgan fingerprint density at radius 2 is 1.16 bits per heavy atom. The van der Waals surface area contributed by atoms with Gasteiger partial charge in [0.05, 0.1) is 27.6 Å². The summed E-state index contributed by atoms with van der Waals surface area (Å²) in [6.45, 7) is 0. The van der Waals surface area contributed by atoms with Gasteiger partial charge in [0.2, 0.25) is 0 Å². The van der Waals surface area contributed by atoms with Gasteiger partial charge in [0.15, 0.2) is 0 Å². The van der Waals surface area contributed by atoms with Crippen LogP contribution in [0.3, 0.4) is 0 Å². The summed E-state index contributed by atoms with van der Waals surface area (Å²) in [5, 5.41) is 6.80. The van der Waals surface area contributed by atoms with Crippen LogP contribution in [0, 0.1) is 10.4 Å². The molecule has 2 aliphatic rings. The molecule has 0 spiro atoms. The highest BCUT2D eigenvalue weighted by Gasteiger charge is 2.28. The highest BCUT2D eigenvalue weighted by Crippen LogP contribution is 2.51. The zero-order valence-corrected chi connectivity index (χ0v) is 24.3. The number of aromatic amines is 1. The maximum atomic E-state index is 5.20. The van der Waals surface area contributed by atoms with Gasteiger partial charge in [-0.3, -0.25) is 0 Å². The van der Waals surface area contributed by atoms with Crippen LogP contribution in [-0.2, 0) is 0 Å². The normalized spacial score (nSPS) is 12.4. The molecule has 2 aliphatic heterocycles. The van der Waals surface area contributed by atoms with Gasteiger partial charge in [0.1, 0.15) is 0 Å². The third kappa shape index (κ3) is 3.46. The summed E-state index contributed by atoms with van der Waals surface area (Å²) in [4.78, 5) is 14.1. The zero-order chi connectivity index (χ0) is 29.5. The number of fused-ring (bicyclic) bond motifs is 9. The van der Waals surface area contributed by atoms with E-state index in [0.29, 0.717) is 0 Å². The first kappa shape index (κ1) is 24.4. The standard InChI is InChI=1S/C42H25N3/c1-2-11-25(12-3-1)26-21-23-36-39(40-37(43-36)24-22-33-29-15-7-9-20-35(29)45-42(33)40)38(26)30-16-5-4-13-27(30)31-17-10-18-32-28-14-6-8-19-34(28)44-41(31)32/h1-24,44H. The van der Waals surface area contributed by atoms with Gasteiger partial charge in [-0.05, 0) is 52.6 Å². The molecule has 0 radical (unpaired) electrons. The Labute approximate surface area is 258 Å². The highest BCUT2D eigenvalue weighted by molar-refractivity contribution is 6.14. The fraction of sp³-hybridized carbons (Fsp3) is 0. The van der Waals surface area contributed by atoms with Crippen LogP contribution in [0.5, 0.6) is 0 Å². The average molecular weight is 572 g/mol. The SMILES string of the molecule is c1ccc(-c2ccc3c(c2-c2ccccc2-c2cccc4c2[nH]c2ccccc24)-c2c4c(ccc2=N3)=c2ccccc2=N4)cc1. The minimum Gasteiger partial charge on any atom is -0.354 e. The van der Waals surface area contributed by atoms with Gasteiger partial charge in [-0.2, -0.15) is 0 Å². The zero-order valence-electron chi connectivity index (χ0n) is 24.3. The first-order chi connectivity index (χ1) is 22.3. The molecule has 208 valence electrons. The number of rotatable bonds is 3. The lowest BCUT2D eigenvalue weighted by Crippen LogP contribution is -2.01. The van der Waals surface area contributed by atoms with Crippen LogP contribution >= 0.6 is 0 Å². The van der Waals surface area contributed by atoms with Gasteiger partial charge >= 0.3 is 0 Å². The lowest BCUT2D eigenvalue weighted by atomic mass is 9.83. The molecule has 45 heavy (non-hydrogen) atoms. The van der Waals surface area contributed by atoms with Crippen LogP contribution in [-0.4, -0.2) is 4.98 Å². The van der Waals surface area contributed by atoms with Crippen molar-refractivity contribution in [3.8, 4) is 44.5 Å². The van der Waals surface area contributed by atoms with E-state index in [1.54, 1.807) is 0 Å². The second kappa shape index (κ2) is 9.22. The minimum absolute atomic E-state index is 0.974. The Kier molecular flexibility index (Phi) is 5.00. The molecule has 1 N–H and O–H groups in total. The van der Waals surface area contributed by atoms with E-state index in [4.69, 9.17) is 9.98 Å². The smallest absolute Gasteiger partial charge is 0.0817 e. The molecule has 0 bridgehead atoms. The number of H-pyrrole nitrogens is 1. The van der Waals surface area contributed by atoms with Gasteiger partial charge in [-0.1, -0.05) is 115 Å². The molecule has 0 atom stereocenters. The third-order valence-corrected chi connectivity index (χ3v) is 9.37. The quantitative estimate of drug-likeness (QED) is 0.219. The number of nitrogens with one attached hydrogen (secondary N) is 1. The van der Waals surface area contributed by atoms with E-state index in [0.717, 1.165) is 44.2 Å². The second-order valence-electron chi connectivity index (χ2n) is 11.8. The van der Waals surface area contributed by atoms with Gasteiger partial charge in [0, 0.05) is 49.0 Å². The highest BCUT2D eigenvalue weighted by atomic mass is 14.8. The molecular weight excluding hydrogens is 546 g/mol. The summed E-state index contributed by atoms with van der Waals surface area (Å²) in [5.74, 6) is 0. The van der Waals surface area contributed by atoms with E-state index in [9.17, 15) is 0 Å². The van der Waals surface area contributed by atoms with E-state index in [1.165, 1.54) is 54.6 Å². The van der Waals surface area contributed by atoms with Crippen molar-refractivity contribution >= 4 is 33.2 Å². The van der Waals surface area contributed by atoms with E-state index in [1.807, 2.05) is 0 Å². The van der Waals surface area contributed by atoms with Crippen LogP contribution in [0.2, 0.25) is 0 Å². The van der Waals surface area contributed by atoms with Crippen molar-refractivity contribution in [2.75, 3.05) is 0 Å². The molecular formula is C42H25N3. The minimum atomic E-state index is 0.974. The topological polar surface area (TPSA) is 40.5 Å². The molecule has 8 aromatic rings. The predicted molar refractivity (Wildman–Crippen MR) is 183 cm³/mol. The summed E-state index contributed by atoms with van der Waals surface area (Å²) in [6.07, 6.45) is 0. The van der Waals surface area contributed by atoms with Crippen LogP contribution in [0.1, 0.15) is 0 Å². The molecule has 10 rings (SSSR count). The van der Waals surface area contributed by atoms with Crippen molar-refractivity contribution in [3.05, 3.63) is 167 Å². The van der Waals surface area contributed by atoms with Crippen molar-refractivity contribution in [1.82, 2.24) is 4.98 Å². The fourth-order valence-corrected chi connectivity index (χ4v) is 7.41. The van der Waals surface area contributed by atoms with Crippen molar-refractivity contribution < 1.29 is 0 Å². The number of nitrogens with zero attached hydrogens (tertiary/aromatic N) is 2. The maximum Gasteiger partial charge on any atom is 0.0817 e. The Morgan fingerprint density at radius 1 is 0.400 bits per heavy atom. The van der Waals surface area contributed by atoms with Crippen molar-refractivity contribution in [1.29, 1.82) is 0 Å². The Hall–Kier alpha value is -6.06. The summed E-state index contributed by atoms with van der Waals surface area (Å²) in [5.41, 5.74) is 13.6. The van der Waals surface area contributed by atoms with Crippen molar-refractivity contribution in [2.24, 2.45) is 9.98 Å².